The summed E-state index contributed by atoms with van der Waals surface area (Å²) < 4.78 is 5.38. The Hall–Kier alpha value is -0.610. The third-order valence-electron chi connectivity index (χ3n) is 4.35. The lowest BCUT2D eigenvalue weighted by atomic mass is 9.96. The molecule has 3 fully saturated rings. The summed E-state index contributed by atoms with van der Waals surface area (Å²) in [5, 5.41) is 6.46. The molecule has 0 aromatic heterocycles. The Morgan fingerprint density at radius 1 is 1.24 bits per heavy atom. The molecule has 0 radical (unpaired) electrons. The first-order chi connectivity index (χ1) is 8.29. The average molecular weight is 238 g/mol. The first kappa shape index (κ1) is 11.5. The minimum Gasteiger partial charge on any atom is -0.378 e. The fraction of sp³-hybridized carbons (Fsp3) is 0.923. The molecule has 3 aliphatic rings. The van der Waals surface area contributed by atoms with Crippen LogP contribution in [0.15, 0.2) is 0 Å². The highest BCUT2D eigenvalue weighted by molar-refractivity contribution is 5.80. The summed E-state index contributed by atoms with van der Waals surface area (Å²) in [7, 11) is 1.72. The van der Waals surface area contributed by atoms with Gasteiger partial charge in [0, 0.05) is 26.1 Å². The molecule has 2 saturated carbocycles. The van der Waals surface area contributed by atoms with E-state index in [1.165, 1.54) is 25.7 Å². The van der Waals surface area contributed by atoms with Crippen LogP contribution < -0.4 is 10.6 Å². The van der Waals surface area contributed by atoms with Gasteiger partial charge in [-0.05, 0) is 37.5 Å². The van der Waals surface area contributed by atoms with E-state index in [-0.39, 0.29) is 18.1 Å². The van der Waals surface area contributed by atoms with Crippen molar-refractivity contribution in [2.24, 2.45) is 17.8 Å². The van der Waals surface area contributed by atoms with Crippen molar-refractivity contribution in [2.45, 2.75) is 37.8 Å². The van der Waals surface area contributed by atoms with Gasteiger partial charge in [-0.2, -0.15) is 0 Å². The number of nitrogens with one attached hydrogen (secondary N) is 2. The van der Waals surface area contributed by atoms with E-state index < -0.39 is 0 Å². The third-order valence-corrected chi connectivity index (χ3v) is 4.35. The van der Waals surface area contributed by atoms with Gasteiger partial charge in [-0.25, -0.2) is 0 Å². The second kappa shape index (κ2) is 4.58. The van der Waals surface area contributed by atoms with Gasteiger partial charge in [0.25, 0.3) is 0 Å². The minimum atomic E-state index is 0.137. The van der Waals surface area contributed by atoms with E-state index in [0.717, 1.165) is 13.1 Å². The van der Waals surface area contributed by atoms with Crippen molar-refractivity contribution in [2.75, 3.05) is 20.2 Å². The van der Waals surface area contributed by atoms with Crippen molar-refractivity contribution in [1.82, 2.24) is 10.6 Å². The molecule has 1 amide bonds. The molecule has 4 nitrogen and oxygen atoms in total. The van der Waals surface area contributed by atoms with Crippen LogP contribution in [0.5, 0.6) is 0 Å². The van der Waals surface area contributed by atoms with Crippen LogP contribution in [0.25, 0.3) is 0 Å². The number of hydrogen-bond donors (Lipinski definition) is 2. The molecule has 0 aromatic rings. The quantitative estimate of drug-likeness (QED) is 0.734. The lowest BCUT2D eigenvalue weighted by Crippen LogP contribution is -2.46. The van der Waals surface area contributed by atoms with E-state index in [0.29, 0.717) is 17.8 Å². The highest BCUT2D eigenvalue weighted by atomic mass is 16.5. The van der Waals surface area contributed by atoms with Gasteiger partial charge in [-0.1, -0.05) is 0 Å². The summed E-state index contributed by atoms with van der Waals surface area (Å²) in [6, 6.07) is 0.160. The van der Waals surface area contributed by atoms with Crippen molar-refractivity contribution >= 4 is 5.91 Å². The van der Waals surface area contributed by atoms with Gasteiger partial charge in [0.05, 0.1) is 12.1 Å². The summed E-state index contributed by atoms with van der Waals surface area (Å²) in [5.74, 6) is 1.94. The molecule has 2 unspecified atom stereocenters. The predicted octanol–water partition coefficient (Wildman–Crippen LogP) is 0.526. The lowest BCUT2D eigenvalue weighted by Gasteiger charge is -2.22. The van der Waals surface area contributed by atoms with Crippen LogP contribution >= 0.6 is 0 Å². The Kier molecular flexibility index (Phi) is 3.09. The van der Waals surface area contributed by atoms with Crippen LogP contribution in [-0.4, -0.2) is 38.3 Å². The van der Waals surface area contributed by atoms with Crippen LogP contribution in [0.2, 0.25) is 0 Å². The van der Waals surface area contributed by atoms with Crippen LogP contribution in [-0.2, 0) is 9.53 Å². The van der Waals surface area contributed by atoms with Crippen LogP contribution in [0, 0.1) is 17.8 Å². The van der Waals surface area contributed by atoms with E-state index in [1.54, 1.807) is 7.11 Å². The van der Waals surface area contributed by atoms with Crippen LogP contribution in [0.3, 0.4) is 0 Å². The van der Waals surface area contributed by atoms with E-state index >= 15 is 0 Å². The molecule has 2 atom stereocenters. The van der Waals surface area contributed by atoms with Crippen molar-refractivity contribution in [3.8, 4) is 0 Å². The number of amides is 1. The Morgan fingerprint density at radius 3 is 2.41 bits per heavy atom. The lowest BCUT2D eigenvalue weighted by molar-refractivity contribution is -0.127. The van der Waals surface area contributed by atoms with Crippen molar-refractivity contribution in [3.63, 3.8) is 0 Å². The average Bonchev–Trinajstić information content (AvgIpc) is 3.22. The number of rotatable bonds is 5. The molecule has 3 rings (SSSR count). The zero-order valence-corrected chi connectivity index (χ0v) is 10.4. The monoisotopic (exact) mass is 238 g/mol. The molecule has 1 aliphatic heterocycles. The molecule has 2 aliphatic carbocycles. The Morgan fingerprint density at radius 2 is 1.88 bits per heavy atom. The maximum absolute atomic E-state index is 12.3. The topological polar surface area (TPSA) is 50.4 Å². The molecule has 1 heterocycles. The van der Waals surface area contributed by atoms with Gasteiger partial charge in [0.15, 0.2) is 0 Å². The van der Waals surface area contributed by atoms with E-state index in [1.807, 2.05) is 0 Å². The van der Waals surface area contributed by atoms with Gasteiger partial charge < -0.3 is 15.4 Å². The molecule has 0 bridgehead atoms. The first-order valence-electron chi connectivity index (χ1n) is 6.83. The van der Waals surface area contributed by atoms with Gasteiger partial charge in [0.1, 0.15) is 0 Å². The highest BCUT2D eigenvalue weighted by Gasteiger charge is 2.46. The van der Waals surface area contributed by atoms with Crippen LogP contribution in [0.1, 0.15) is 25.7 Å². The van der Waals surface area contributed by atoms with Crippen LogP contribution in [0.4, 0.5) is 0 Å². The number of carbonyl (C=O) groups excluding carboxylic acids is 1. The normalized spacial score (nSPS) is 33.1. The molecule has 0 spiro atoms. The third kappa shape index (κ3) is 2.47. The largest absolute Gasteiger partial charge is 0.378 e. The summed E-state index contributed by atoms with van der Waals surface area (Å²) >= 11 is 0. The Bertz CT molecular complexity index is 288. The molecular weight excluding hydrogens is 216 g/mol. The smallest absolute Gasteiger partial charge is 0.224 e. The number of hydrogen-bond acceptors (Lipinski definition) is 3. The van der Waals surface area contributed by atoms with E-state index in [9.17, 15) is 4.79 Å². The number of carbonyl (C=O) groups is 1. The summed E-state index contributed by atoms with van der Waals surface area (Å²) in [5.41, 5.74) is 0. The summed E-state index contributed by atoms with van der Waals surface area (Å²) in [4.78, 5) is 12.3. The SMILES string of the molecule is COC1CNCC1NC(=O)C(C1CC1)C1CC1. The van der Waals surface area contributed by atoms with E-state index in [2.05, 4.69) is 10.6 Å². The second-order valence-corrected chi connectivity index (χ2v) is 5.75. The number of ether oxygens (including phenoxy) is 1. The zero-order valence-electron chi connectivity index (χ0n) is 10.4. The summed E-state index contributed by atoms with van der Waals surface area (Å²) in [6.45, 7) is 1.69. The molecular formula is C13H22N2O2. The maximum atomic E-state index is 12.3. The zero-order chi connectivity index (χ0) is 11.8. The molecule has 1 saturated heterocycles. The standard InChI is InChI=1S/C13H22N2O2/c1-17-11-7-14-6-10(11)15-13(16)12(8-2-3-8)9-4-5-9/h8-12,14H,2-7H2,1H3,(H,15,16). The highest BCUT2D eigenvalue weighted by Crippen LogP contribution is 2.49. The van der Waals surface area contributed by atoms with Gasteiger partial charge in [-0.3, -0.25) is 4.79 Å². The fourth-order valence-electron chi connectivity index (χ4n) is 3.05. The molecule has 17 heavy (non-hydrogen) atoms. The van der Waals surface area contributed by atoms with Crippen molar-refractivity contribution in [3.05, 3.63) is 0 Å². The van der Waals surface area contributed by atoms with Gasteiger partial charge >= 0.3 is 0 Å². The molecule has 4 heteroatoms. The van der Waals surface area contributed by atoms with Gasteiger partial charge in [-0.15, -0.1) is 0 Å². The first-order valence-corrected chi connectivity index (χ1v) is 6.83. The minimum absolute atomic E-state index is 0.137. The maximum Gasteiger partial charge on any atom is 0.224 e. The predicted molar refractivity (Wildman–Crippen MR) is 64.5 cm³/mol. The molecule has 96 valence electrons. The summed E-state index contributed by atoms with van der Waals surface area (Å²) in [6.07, 6.45) is 5.16. The fourth-order valence-corrected chi connectivity index (χ4v) is 3.05. The van der Waals surface area contributed by atoms with Crippen molar-refractivity contribution < 1.29 is 9.53 Å². The molecule has 0 aromatic carbocycles. The van der Waals surface area contributed by atoms with E-state index in [4.69, 9.17) is 4.74 Å². The Labute approximate surface area is 102 Å². The van der Waals surface area contributed by atoms with Crippen molar-refractivity contribution in [1.29, 1.82) is 0 Å². The van der Waals surface area contributed by atoms with Gasteiger partial charge in [0.2, 0.25) is 5.91 Å². The molecule has 2 N–H and O–H groups in total. The second-order valence-electron chi connectivity index (χ2n) is 5.75. The number of methoxy groups -OCH3 is 1. The Balaban J connectivity index is 1.57.